The molecule has 22 heavy (non-hydrogen) atoms. The molecule has 0 saturated carbocycles. The molecule has 3 heteroatoms. The molecule has 0 amide bonds. The highest BCUT2D eigenvalue weighted by molar-refractivity contribution is 5.57. The van der Waals surface area contributed by atoms with Crippen LogP contribution in [-0.4, -0.2) is 6.61 Å². The quantitative estimate of drug-likeness (QED) is 0.856. The molecule has 0 bridgehead atoms. The van der Waals surface area contributed by atoms with Gasteiger partial charge in [-0.05, 0) is 36.6 Å². The smallest absolute Gasteiger partial charge is 0.0991 e. The summed E-state index contributed by atoms with van der Waals surface area (Å²) in [5.41, 5.74) is 4.38. The van der Waals surface area contributed by atoms with E-state index in [1.807, 2.05) is 12.1 Å². The van der Waals surface area contributed by atoms with Gasteiger partial charge in [-0.1, -0.05) is 30.3 Å². The van der Waals surface area contributed by atoms with Crippen LogP contribution in [0.5, 0.6) is 0 Å². The Balaban J connectivity index is 1.74. The van der Waals surface area contributed by atoms with E-state index < -0.39 is 0 Å². The highest BCUT2D eigenvalue weighted by Crippen LogP contribution is 2.48. The Morgan fingerprint density at radius 3 is 2.73 bits per heavy atom. The second-order valence-electron chi connectivity index (χ2n) is 6.04. The number of rotatable bonds is 1. The van der Waals surface area contributed by atoms with Crippen LogP contribution in [0.4, 0.5) is 5.69 Å². The third-order valence-electron chi connectivity index (χ3n) is 4.77. The molecule has 1 saturated heterocycles. The molecular formula is C19H18N2O. The molecule has 0 aliphatic carbocycles. The van der Waals surface area contributed by atoms with E-state index in [9.17, 15) is 0 Å². The number of nitrogens with one attached hydrogen (secondary N) is 1. The number of hydrogen-bond donors (Lipinski definition) is 1. The van der Waals surface area contributed by atoms with Crippen molar-refractivity contribution in [3.05, 3.63) is 65.2 Å². The van der Waals surface area contributed by atoms with Crippen molar-refractivity contribution in [1.82, 2.24) is 0 Å². The molecule has 0 radical (unpaired) electrons. The van der Waals surface area contributed by atoms with Crippen molar-refractivity contribution in [3.63, 3.8) is 0 Å². The van der Waals surface area contributed by atoms with Gasteiger partial charge in [0.05, 0.1) is 23.8 Å². The summed E-state index contributed by atoms with van der Waals surface area (Å²) >= 11 is 0. The lowest BCUT2D eigenvalue weighted by atomic mass is 9.77. The molecule has 2 aromatic rings. The topological polar surface area (TPSA) is 45.0 Å². The zero-order chi connectivity index (χ0) is 14.9. The van der Waals surface area contributed by atoms with E-state index in [-0.39, 0.29) is 12.1 Å². The van der Waals surface area contributed by atoms with Gasteiger partial charge in [0.15, 0.2) is 0 Å². The van der Waals surface area contributed by atoms with Crippen LogP contribution in [0.1, 0.15) is 41.7 Å². The molecule has 2 aromatic carbocycles. The van der Waals surface area contributed by atoms with Crippen molar-refractivity contribution >= 4 is 5.69 Å². The van der Waals surface area contributed by atoms with Gasteiger partial charge in [0.1, 0.15) is 0 Å². The summed E-state index contributed by atoms with van der Waals surface area (Å²) in [5.74, 6) is 0.441. The van der Waals surface area contributed by atoms with E-state index in [2.05, 4.69) is 47.8 Å². The fraction of sp³-hybridized carbons (Fsp3) is 0.316. The SMILES string of the molecule is N#Cc1ccc(C2Nc3ccccc3[C@H]3OCCC[C@@H]23)cc1. The van der Waals surface area contributed by atoms with E-state index in [4.69, 9.17) is 10.00 Å². The molecule has 1 unspecified atom stereocenters. The van der Waals surface area contributed by atoms with Gasteiger partial charge in [-0.25, -0.2) is 0 Å². The van der Waals surface area contributed by atoms with E-state index in [1.165, 1.54) is 16.8 Å². The summed E-state index contributed by atoms with van der Waals surface area (Å²) in [4.78, 5) is 0. The molecule has 0 aromatic heterocycles. The van der Waals surface area contributed by atoms with Crippen molar-refractivity contribution in [3.8, 4) is 6.07 Å². The van der Waals surface area contributed by atoms with Crippen LogP contribution < -0.4 is 5.32 Å². The molecule has 3 atom stereocenters. The van der Waals surface area contributed by atoms with Gasteiger partial charge < -0.3 is 10.1 Å². The first kappa shape index (κ1) is 13.4. The molecule has 2 aliphatic rings. The minimum absolute atomic E-state index is 0.173. The van der Waals surface area contributed by atoms with Gasteiger partial charge in [-0.15, -0.1) is 0 Å². The molecule has 110 valence electrons. The lowest BCUT2D eigenvalue weighted by Crippen LogP contribution is -2.35. The Bertz CT molecular complexity index is 717. The van der Waals surface area contributed by atoms with E-state index in [0.717, 1.165) is 19.4 Å². The lowest BCUT2D eigenvalue weighted by molar-refractivity contribution is -0.0381. The van der Waals surface area contributed by atoms with Crippen LogP contribution in [0.15, 0.2) is 48.5 Å². The van der Waals surface area contributed by atoms with Crippen LogP contribution >= 0.6 is 0 Å². The summed E-state index contributed by atoms with van der Waals surface area (Å²) in [7, 11) is 0. The third kappa shape index (κ3) is 2.17. The van der Waals surface area contributed by atoms with Crippen LogP contribution in [0.25, 0.3) is 0 Å². The third-order valence-corrected chi connectivity index (χ3v) is 4.77. The predicted octanol–water partition coefficient (Wildman–Crippen LogP) is 4.19. The maximum Gasteiger partial charge on any atom is 0.0991 e. The maximum atomic E-state index is 8.97. The molecule has 1 fully saturated rings. The van der Waals surface area contributed by atoms with Crippen molar-refractivity contribution in [1.29, 1.82) is 5.26 Å². The van der Waals surface area contributed by atoms with Crippen LogP contribution in [-0.2, 0) is 4.74 Å². The standard InChI is InChI=1S/C19H18N2O/c20-12-13-7-9-14(10-8-13)18-16-5-3-11-22-19(16)15-4-1-2-6-17(15)21-18/h1-2,4,6-10,16,18-19,21H,3,5,11H2/t16-,18?,19+/m0/s1. The molecule has 1 N–H and O–H groups in total. The number of nitrogens with zero attached hydrogens (tertiary/aromatic N) is 1. The molecular weight excluding hydrogens is 272 g/mol. The van der Waals surface area contributed by atoms with Crippen LogP contribution in [0.2, 0.25) is 0 Å². The number of fused-ring (bicyclic) bond motifs is 3. The van der Waals surface area contributed by atoms with Crippen molar-refractivity contribution < 1.29 is 4.74 Å². The number of para-hydroxylation sites is 1. The minimum Gasteiger partial charge on any atom is -0.378 e. The number of hydrogen-bond acceptors (Lipinski definition) is 3. The Morgan fingerprint density at radius 2 is 1.91 bits per heavy atom. The average Bonchev–Trinajstić information content (AvgIpc) is 2.61. The number of ether oxygens (including phenoxy) is 1. The Hall–Kier alpha value is -2.31. The monoisotopic (exact) mass is 290 g/mol. The Kier molecular flexibility index (Phi) is 3.32. The highest BCUT2D eigenvalue weighted by atomic mass is 16.5. The Labute approximate surface area is 130 Å². The normalized spacial score (nSPS) is 26.2. The summed E-state index contributed by atoms with van der Waals surface area (Å²) in [5, 5.41) is 12.7. The molecule has 2 heterocycles. The fourth-order valence-corrected chi connectivity index (χ4v) is 3.71. The van der Waals surface area contributed by atoms with E-state index in [0.29, 0.717) is 11.5 Å². The second kappa shape index (κ2) is 5.47. The highest BCUT2D eigenvalue weighted by Gasteiger charge is 2.39. The van der Waals surface area contributed by atoms with Gasteiger partial charge in [0.25, 0.3) is 0 Å². The minimum atomic E-state index is 0.173. The molecule has 2 aliphatic heterocycles. The van der Waals surface area contributed by atoms with Crippen LogP contribution in [0.3, 0.4) is 0 Å². The van der Waals surface area contributed by atoms with Crippen molar-refractivity contribution in [2.45, 2.75) is 25.0 Å². The van der Waals surface area contributed by atoms with Crippen molar-refractivity contribution in [2.75, 3.05) is 11.9 Å². The fourth-order valence-electron chi connectivity index (χ4n) is 3.71. The number of anilines is 1. The van der Waals surface area contributed by atoms with Crippen molar-refractivity contribution in [2.24, 2.45) is 5.92 Å². The first-order valence-corrected chi connectivity index (χ1v) is 7.84. The predicted molar refractivity (Wildman–Crippen MR) is 85.4 cm³/mol. The van der Waals surface area contributed by atoms with Gasteiger partial charge in [0.2, 0.25) is 0 Å². The number of benzene rings is 2. The summed E-state index contributed by atoms with van der Waals surface area (Å²) in [6.45, 7) is 0.843. The average molecular weight is 290 g/mol. The van der Waals surface area contributed by atoms with Gasteiger partial charge in [-0.2, -0.15) is 5.26 Å². The Morgan fingerprint density at radius 1 is 1.09 bits per heavy atom. The van der Waals surface area contributed by atoms with Gasteiger partial charge >= 0.3 is 0 Å². The zero-order valence-corrected chi connectivity index (χ0v) is 12.3. The summed E-state index contributed by atoms with van der Waals surface area (Å²) < 4.78 is 6.11. The molecule has 3 nitrogen and oxygen atoms in total. The first-order valence-electron chi connectivity index (χ1n) is 7.84. The second-order valence-corrected chi connectivity index (χ2v) is 6.04. The first-order chi connectivity index (χ1) is 10.9. The summed E-state index contributed by atoms with van der Waals surface area (Å²) in [6, 6.07) is 18.8. The van der Waals surface area contributed by atoms with E-state index >= 15 is 0 Å². The van der Waals surface area contributed by atoms with Crippen LogP contribution in [0, 0.1) is 17.2 Å². The zero-order valence-electron chi connectivity index (χ0n) is 12.3. The number of nitriles is 1. The molecule has 4 rings (SSSR count). The van der Waals surface area contributed by atoms with Gasteiger partial charge in [-0.3, -0.25) is 0 Å². The summed E-state index contributed by atoms with van der Waals surface area (Å²) in [6.07, 6.45) is 2.45. The van der Waals surface area contributed by atoms with E-state index in [1.54, 1.807) is 0 Å². The van der Waals surface area contributed by atoms with Gasteiger partial charge in [0, 0.05) is 23.8 Å². The lowest BCUT2D eigenvalue weighted by Gasteiger charge is -2.43. The largest absolute Gasteiger partial charge is 0.378 e. The molecule has 0 spiro atoms. The maximum absolute atomic E-state index is 8.97.